The van der Waals surface area contributed by atoms with Crippen LogP contribution in [0, 0.1) is 6.92 Å². The van der Waals surface area contributed by atoms with Gasteiger partial charge in [-0.25, -0.2) is 0 Å². The van der Waals surface area contributed by atoms with Crippen molar-refractivity contribution in [1.29, 1.82) is 0 Å². The van der Waals surface area contributed by atoms with Crippen LogP contribution >= 0.6 is 0 Å². The van der Waals surface area contributed by atoms with Crippen molar-refractivity contribution >= 4 is 5.91 Å². The number of carbonyl (C=O) groups excluding carboxylic acids is 1. The first-order valence-electron chi connectivity index (χ1n) is 8.13. The summed E-state index contributed by atoms with van der Waals surface area (Å²) in [5.41, 5.74) is 2.39. The summed E-state index contributed by atoms with van der Waals surface area (Å²) in [6.45, 7) is 4.40. The van der Waals surface area contributed by atoms with Crippen LogP contribution in [0.5, 0.6) is 0 Å². The molecule has 0 aliphatic carbocycles. The number of hydrogen-bond acceptors (Lipinski definition) is 3. The van der Waals surface area contributed by atoms with Crippen molar-refractivity contribution in [2.24, 2.45) is 0 Å². The fourth-order valence-electron chi connectivity index (χ4n) is 2.72. The molecule has 0 saturated carbocycles. The van der Waals surface area contributed by atoms with E-state index in [0.29, 0.717) is 25.8 Å². The Kier molecular flexibility index (Phi) is 6.41. The Morgan fingerprint density at radius 2 is 2.04 bits per heavy atom. The van der Waals surface area contributed by atoms with Crippen LogP contribution in [0.3, 0.4) is 0 Å². The Morgan fingerprint density at radius 3 is 2.65 bits per heavy atom. The van der Waals surface area contributed by atoms with Gasteiger partial charge in [-0.05, 0) is 43.0 Å². The summed E-state index contributed by atoms with van der Waals surface area (Å²) in [6, 6.07) is 11.6. The zero-order valence-electron chi connectivity index (χ0n) is 13.9. The van der Waals surface area contributed by atoms with Crippen LogP contribution < -0.4 is 0 Å². The third-order valence-electron chi connectivity index (χ3n) is 4.22. The van der Waals surface area contributed by atoms with Crippen LogP contribution in [0.2, 0.25) is 0 Å². The maximum Gasteiger partial charge on any atom is 0.223 e. The molecular weight excluding hydrogens is 290 g/mol. The van der Waals surface area contributed by atoms with Crippen molar-refractivity contribution in [3.63, 3.8) is 0 Å². The largest absolute Gasteiger partial charge is 0.467 e. The van der Waals surface area contributed by atoms with E-state index in [9.17, 15) is 9.90 Å². The van der Waals surface area contributed by atoms with E-state index >= 15 is 0 Å². The van der Waals surface area contributed by atoms with Gasteiger partial charge in [0.2, 0.25) is 5.91 Å². The minimum atomic E-state index is -0.176. The number of aliphatic hydroxyl groups excluding tert-OH is 1. The van der Waals surface area contributed by atoms with Gasteiger partial charge in [0.05, 0.1) is 25.5 Å². The summed E-state index contributed by atoms with van der Waals surface area (Å²) in [4.78, 5) is 14.4. The van der Waals surface area contributed by atoms with Crippen molar-refractivity contribution < 1.29 is 14.3 Å². The Labute approximate surface area is 137 Å². The average Bonchev–Trinajstić information content (AvgIpc) is 3.07. The van der Waals surface area contributed by atoms with Gasteiger partial charge in [-0.3, -0.25) is 4.79 Å². The highest BCUT2D eigenvalue weighted by Crippen LogP contribution is 2.16. The van der Waals surface area contributed by atoms with Crippen molar-refractivity contribution in [2.45, 2.75) is 45.7 Å². The summed E-state index contributed by atoms with van der Waals surface area (Å²) in [5.74, 6) is 0.784. The molecule has 1 unspecified atom stereocenters. The van der Waals surface area contributed by atoms with E-state index in [1.807, 2.05) is 31.2 Å². The highest BCUT2D eigenvalue weighted by Gasteiger charge is 2.22. The molecule has 0 radical (unpaired) electrons. The van der Waals surface area contributed by atoms with Gasteiger partial charge in [0.1, 0.15) is 5.76 Å². The molecule has 1 heterocycles. The number of amides is 1. The summed E-state index contributed by atoms with van der Waals surface area (Å²) in [6.07, 6.45) is 3.46. The Balaban J connectivity index is 2.05. The molecule has 23 heavy (non-hydrogen) atoms. The molecule has 4 heteroatoms. The summed E-state index contributed by atoms with van der Waals surface area (Å²) in [7, 11) is 0. The zero-order valence-corrected chi connectivity index (χ0v) is 13.9. The van der Waals surface area contributed by atoms with Crippen molar-refractivity contribution in [3.05, 3.63) is 59.5 Å². The van der Waals surface area contributed by atoms with Gasteiger partial charge in [-0.2, -0.15) is 0 Å². The second kappa shape index (κ2) is 8.53. The van der Waals surface area contributed by atoms with E-state index in [1.165, 1.54) is 11.1 Å². The molecule has 4 nitrogen and oxygen atoms in total. The third-order valence-corrected chi connectivity index (χ3v) is 4.22. The number of rotatable bonds is 8. The molecule has 0 bridgehead atoms. The van der Waals surface area contributed by atoms with E-state index < -0.39 is 0 Å². The molecule has 0 fully saturated rings. The second-order valence-electron chi connectivity index (χ2n) is 5.77. The fourth-order valence-corrected chi connectivity index (χ4v) is 2.72. The second-order valence-corrected chi connectivity index (χ2v) is 5.77. The van der Waals surface area contributed by atoms with Gasteiger partial charge >= 0.3 is 0 Å². The quantitative estimate of drug-likeness (QED) is 0.813. The summed E-state index contributed by atoms with van der Waals surface area (Å²) >= 11 is 0. The van der Waals surface area contributed by atoms with E-state index in [-0.39, 0.29) is 18.6 Å². The number of carbonyl (C=O) groups is 1. The molecule has 0 aliphatic heterocycles. The van der Waals surface area contributed by atoms with Gasteiger partial charge in [0, 0.05) is 6.42 Å². The molecule has 1 aromatic heterocycles. The molecule has 0 saturated heterocycles. The van der Waals surface area contributed by atoms with Crippen LogP contribution in [-0.2, 0) is 17.8 Å². The number of hydrogen-bond donors (Lipinski definition) is 1. The molecule has 1 aromatic carbocycles. The highest BCUT2D eigenvalue weighted by molar-refractivity contribution is 5.76. The van der Waals surface area contributed by atoms with Gasteiger partial charge in [0.25, 0.3) is 0 Å². The maximum atomic E-state index is 12.7. The molecule has 2 aromatic rings. The van der Waals surface area contributed by atoms with E-state index in [4.69, 9.17) is 4.42 Å². The Bertz CT molecular complexity index is 603. The molecule has 0 aliphatic rings. The molecule has 1 N–H and O–H groups in total. The van der Waals surface area contributed by atoms with E-state index in [1.54, 1.807) is 11.2 Å². The molecule has 1 amide bonds. The predicted octanol–water partition coefficient (Wildman–Crippen LogP) is 3.32. The van der Waals surface area contributed by atoms with Crippen LogP contribution in [-0.4, -0.2) is 28.6 Å². The van der Waals surface area contributed by atoms with Gasteiger partial charge in [0.15, 0.2) is 0 Å². The smallest absolute Gasteiger partial charge is 0.223 e. The predicted molar refractivity (Wildman–Crippen MR) is 89.9 cm³/mol. The molecule has 1 atom stereocenters. The standard InChI is InChI=1S/C19H25NO3/c1-3-17(14-21)20(13-18-9-6-12-23-18)19(22)11-10-16-8-5-4-7-15(16)2/h4-9,12,17,21H,3,10-11,13-14H2,1-2H3. The SMILES string of the molecule is CCC(CO)N(Cc1ccco1)C(=O)CCc1ccccc1C. The lowest BCUT2D eigenvalue weighted by Gasteiger charge is -2.29. The Morgan fingerprint density at radius 1 is 1.26 bits per heavy atom. The average molecular weight is 315 g/mol. The normalized spacial score (nSPS) is 12.1. The number of nitrogens with zero attached hydrogens (tertiary/aromatic N) is 1. The lowest BCUT2D eigenvalue weighted by Crippen LogP contribution is -2.41. The van der Waals surface area contributed by atoms with Crippen molar-refractivity contribution in [1.82, 2.24) is 4.90 Å². The van der Waals surface area contributed by atoms with Crippen LogP contribution in [0.4, 0.5) is 0 Å². The summed E-state index contributed by atoms with van der Waals surface area (Å²) in [5, 5.41) is 9.58. The van der Waals surface area contributed by atoms with Crippen LogP contribution in [0.15, 0.2) is 47.1 Å². The minimum absolute atomic E-state index is 0.0344. The first-order valence-corrected chi connectivity index (χ1v) is 8.13. The topological polar surface area (TPSA) is 53.7 Å². The monoisotopic (exact) mass is 315 g/mol. The van der Waals surface area contributed by atoms with Gasteiger partial charge in [-0.1, -0.05) is 31.2 Å². The number of furan rings is 1. The molecular formula is C19H25NO3. The minimum Gasteiger partial charge on any atom is -0.467 e. The van der Waals surface area contributed by atoms with Crippen molar-refractivity contribution in [2.75, 3.05) is 6.61 Å². The van der Waals surface area contributed by atoms with E-state index in [2.05, 4.69) is 19.1 Å². The van der Waals surface area contributed by atoms with Gasteiger partial charge < -0.3 is 14.4 Å². The molecule has 2 rings (SSSR count). The van der Waals surface area contributed by atoms with Crippen LogP contribution in [0.25, 0.3) is 0 Å². The zero-order chi connectivity index (χ0) is 16.7. The third kappa shape index (κ3) is 4.70. The summed E-state index contributed by atoms with van der Waals surface area (Å²) < 4.78 is 5.36. The van der Waals surface area contributed by atoms with E-state index in [0.717, 1.165) is 5.76 Å². The number of benzene rings is 1. The van der Waals surface area contributed by atoms with Gasteiger partial charge in [-0.15, -0.1) is 0 Å². The first kappa shape index (κ1) is 17.3. The maximum absolute atomic E-state index is 12.7. The lowest BCUT2D eigenvalue weighted by atomic mass is 10.0. The van der Waals surface area contributed by atoms with Crippen LogP contribution in [0.1, 0.15) is 36.7 Å². The highest BCUT2D eigenvalue weighted by atomic mass is 16.3. The lowest BCUT2D eigenvalue weighted by molar-refractivity contribution is -0.135. The Hall–Kier alpha value is -2.07. The molecule has 124 valence electrons. The fraction of sp³-hybridized carbons (Fsp3) is 0.421. The number of aliphatic hydroxyl groups is 1. The van der Waals surface area contributed by atoms with Crippen molar-refractivity contribution in [3.8, 4) is 0 Å². The molecule has 0 spiro atoms. The number of aryl methyl sites for hydroxylation is 2. The first-order chi connectivity index (χ1) is 11.2.